The molecule has 2 aromatic rings. The zero-order chi connectivity index (χ0) is 21.3. The van der Waals surface area contributed by atoms with Gasteiger partial charge in [0.2, 0.25) is 5.91 Å². The Kier molecular flexibility index (Phi) is 5.97. The Morgan fingerprint density at radius 2 is 2.00 bits per heavy atom. The van der Waals surface area contributed by atoms with Gasteiger partial charge < -0.3 is 14.8 Å². The second-order valence-electron chi connectivity index (χ2n) is 8.77. The van der Waals surface area contributed by atoms with E-state index in [1.807, 2.05) is 0 Å². The lowest BCUT2D eigenvalue weighted by Crippen LogP contribution is -2.40. The van der Waals surface area contributed by atoms with E-state index in [1.54, 1.807) is 23.8 Å². The van der Waals surface area contributed by atoms with Crippen molar-refractivity contribution in [3.8, 4) is 11.5 Å². The van der Waals surface area contributed by atoms with Crippen LogP contribution in [-0.2, 0) is 11.3 Å². The fourth-order valence-corrected chi connectivity index (χ4v) is 5.39. The third-order valence-electron chi connectivity index (χ3n) is 6.96. The molecule has 0 radical (unpaired) electrons. The first kappa shape index (κ1) is 20.7. The van der Waals surface area contributed by atoms with Crippen molar-refractivity contribution >= 4 is 16.8 Å². The maximum atomic E-state index is 12.8. The molecule has 2 saturated carbocycles. The van der Waals surface area contributed by atoms with Crippen molar-refractivity contribution in [1.29, 1.82) is 0 Å². The van der Waals surface area contributed by atoms with Gasteiger partial charge in [0.15, 0.2) is 11.5 Å². The van der Waals surface area contributed by atoms with Gasteiger partial charge in [0.25, 0.3) is 5.56 Å². The number of amides is 1. The first-order chi connectivity index (χ1) is 14.5. The lowest BCUT2D eigenvalue weighted by atomic mass is 9.84. The molecule has 1 N–H and O–H groups in total. The summed E-state index contributed by atoms with van der Waals surface area (Å²) in [6, 6.07) is 3.59. The minimum absolute atomic E-state index is 0.0680. The Morgan fingerprint density at radius 3 is 2.67 bits per heavy atom. The summed E-state index contributed by atoms with van der Waals surface area (Å²) in [7, 11) is 3.09. The summed E-state index contributed by atoms with van der Waals surface area (Å²) in [6.07, 6.45) is 7.83. The number of benzene rings is 1. The standard InChI is InChI=1S/C23H31N3O4/c1-14(17-10-15-6-7-16(17)9-15)25-22(27)5-4-8-26-13-24-19-12-21(30-3)20(29-2)11-18(19)23(26)28/h11-17H,4-10H2,1-3H3,(H,25,27). The predicted molar refractivity (Wildman–Crippen MR) is 115 cm³/mol. The molecular formula is C23H31N3O4. The normalized spacial score (nSPS) is 23.5. The molecule has 0 saturated heterocycles. The molecule has 1 aromatic heterocycles. The summed E-state index contributed by atoms with van der Waals surface area (Å²) in [6.45, 7) is 2.59. The fourth-order valence-electron chi connectivity index (χ4n) is 5.39. The number of nitrogens with zero attached hydrogens (tertiary/aromatic N) is 2. The Hall–Kier alpha value is -2.57. The van der Waals surface area contributed by atoms with Crippen LogP contribution in [0.1, 0.15) is 45.4 Å². The quantitative estimate of drug-likeness (QED) is 0.719. The maximum Gasteiger partial charge on any atom is 0.261 e. The second-order valence-corrected chi connectivity index (χ2v) is 8.77. The maximum absolute atomic E-state index is 12.8. The molecule has 4 unspecified atom stereocenters. The van der Waals surface area contributed by atoms with Crippen molar-refractivity contribution in [2.24, 2.45) is 17.8 Å². The highest BCUT2D eigenvalue weighted by atomic mass is 16.5. The van der Waals surface area contributed by atoms with Gasteiger partial charge in [-0.2, -0.15) is 0 Å². The lowest BCUT2D eigenvalue weighted by molar-refractivity contribution is -0.122. The van der Waals surface area contributed by atoms with E-state index in [4.69, 9.17) is 9.47 Å². The second kappa shape index (κ2) is 8.66. The van der Waals surface area contributed by atoms with Crippen LogP contribution < -0.4 is 20.3 Å². The zero-order valence-electron chi connectivity index (χ0n) is 18.0. The van der Waals surface area contributed by atoms with E-state index in [9.17, 15) is 9.59 Å². The van der Waals surface area contributed by atoms with Crippen molar-refractivity contribution in [3.05, 3.63) is 28.8 Å². The summed E-state index contributed by atoms with van der Waals surface area (Å²) in [5.41, 5.74) is 0.419. The van der Waals surface area contributed by atoms with Crippen LogP contribution >= 0.6 is 0 Å². The summed E-state index contributed by atoms with van der Waals surface area (Å²) in [5, 5.41) is 3.67. The molecule has 1 aromatic carbocycles. The molecular weight excluding hydrogens is 382 g/mol. The summed E-state index contributed by atoms with van der Waals surface area (Å²) in [5.74, 6) is 3.41. The number of ether oxygens (including phenoxy) is 2. The van der Waals surface area contributed by atoms with Gasteiger partial charge in [-0.15, -0.1) is 0 Å². The molecule has 7 nitrogen and oxygen atoms in total. The zero-order valence-corrected chi connectivity index (χ0v) is 18.0. The van der Waals surface area contributed by atoms with Crippen LogP contribution in [0.3, 0.4) is 0 Å². The van der Waals surface area contributed by atoms with Crippen LogP contribution in [0.25, 0.3) is 10.9 Å². The van der Waals surface area contributed by atoms with Crippen molar-refractivity contribution in [2.45, 2.75) is 58.0 Å². The Morgan fingerprint density at radius 1 is 1.23 bits per heavy atom. The monoisotopic (exact) mass is 413 g/mol. The van der Waals surface area contributed by atoms with Crippen molar-refractivity contribution in [2.75, 3.05) is 14.2 Å². The first-order valence-corrected chi connectivity index (χ1v) is 10.9. The van der Waals surface area contributed by atoms with Crippen molar-refractivity contribution in [3.63, 3.8) is 0 Å². The Bertz CT molecular complexity index is 986. The minimum atomic E-state index is -0.142. The summed E-state index contributed by atoms with van der Waals surface area (Å²) < 4.78 is 12.1. The van der Waals surface area contributed by atoms with E-state index in [2.05, 4.69) is 17.2 Å². The number of hydrogen-bond acceptors (Lipinski definition) is 5. The smallest absolute Gasteiger partial charge is 0.261 e. The highest BCUT2D eigenvalue weighted by Gasteiger charge is 2.42. The van der Waals surface area contributed by atoms with Gasteiger partial charge in [-0.3, -0.25) is 14.2 Å². The van der Waals surface area contributed by atoms with Crippen LogP contribution in [0.4, 0.5) is 0 Å². The van der Waals surface area contributed by atoms with Crippen LogP contribution in [0, 0.1) is 17.8 Å². The average molecular weight is 414 g/mol. The van der Waals surface area contributed by atoms with Gasteiger partial charge in [0.1, 0.15) is 0 Å². The number of rotatable bonds is 8. The molecule has 2 fully saturated rings. The van der Waals surface area contributed by atoms with Gasteiger partial charge >= 0.3 is 0 Å². The van der Waals surface area contributed by atoms with E-state index in [-0.39, 0.29) is 17.5 Å². The van der Waals surface area contributed by atoms with Gasteiger partial charge in [0.05, 0.1) is 31.4 Å². The fraction of sp³-hybridized carbons (Fsp3) is 0.609. The SMILES string of the molecule is COc1cc2ncn(CCCC(=O)NC(C)C3CC4CCC3C4)c(=O)c2cc1OC. The lowest BCUT2D eigenvalue weighted by Gasteiger charge is -2.28. The highest BCUT2D eigenvalue weighted by molar-refractivity contribution is 5.81. The molecule has 162 valence electrons. The van der Waals surface area contributed by atoms with E-state index < -0.39 is 0 Å². The van der Waals surface area contributed by atoms with Crippen LogP contribution in [0.5, 0.6) is 11.5 Å². The van der Waals surface area contributed by atoms with Gasteiger partial charge in [-0.1, -0.05) is 6.42 Å². The number of nitrogens with one attached hydrogen (secondary N) is 1. The van der Waals surface area contributed by atoms with E-state index in [0.717, 1.165) is 11.8 Å². The Balaban J connectivity index is 1.34. The van der Waals surface area contributed by atoms with Crippen LogP contribution in [0.2, 0.25) is 0 Å². The molecule has 7 heteroatoms. The molecule has 2 aliphatic carbocycles. The van der Waals surface area contributed by atoms with Gasteiger partial charge in [-0.05, 0) is 56.4 Å². The third kappa shape index (κ3) is 4.02. The number of fused-ring (bicyclic) bond motifs is 3. The molecule has 0 spiro atoms. The number of methoxy groups -OCH3 is 2. The molecule has 4 atom stereocenters. The largest absolute Gasteiger partial charge is 0.493 e. The van der Waals surface area contributed by atoms with E-state index >= 15 is 0 Å². The summed E-state index contributed by atoms with van der Waals surface area (Å²) >= 11 is 0. The molecule has 30 heavy (non-hydrogen) atoms. The van der Waals surface area contributed by atoms with Crippen LogP contribution in [0.15, 0.2) is 23.3 Å². The van der Waals surface area contributed by atoms with E-state index in [1.165, 1.54) is 39.1 Å². The number of aromatic nitrogens is 2. The molecule has 1 amide bonds. The minimum Gasteiger partial charge on any atom is -0.493 e. The highest BCUT2D eigenvalue weighted by Crippen LogP contribution is 2.49. The van der Waals surface area contributed by atoms with Crippen molar-refractivity contribution < 1.29 is 14.3 Å². The molecule has 0 aliphatic heterocycles. The summed E-state index contributed by atoms with van der Waals surface area (Å²) in [4.78, 5) is 29.6. The van der Waals surface area contributed by atoms with Crippen LogP contribution in [-0.4, -0.2) is 35.7 Å². The predicted octanol–water partition coefficient (Wildman–Crippen LogP) is 3.13. The average Bonchev–Trinajstić information content (AvgIpc) is 3.38. The number of aryl methyl sites for hydroxylation is 1. The molecule has 1 heterocycles. The number of hydrogen-bond donors (Lipinski definition) is 1. The first-order valence-electron chi connectivity index (χ1n) is 10.9. The Labute approximate surface area is 176 Å². The van der Waals surface area contributed by atoms with Crippen molar-refractivity contribution in [1.82, 2.24) is 14.9 Å². The molecule has 2 aliphatic rings. The number of carbonyl (C=O) groups is 1. The number of carbonyl (C=O) groups excluding carboxylic acids is 1. The van der Waals surface area contributed by atoms with Gasteiger partial charge in [-0.25, -0.2) is 4.98 Å². The van der Waals surface area contributed by atoms with E-state index in [0.29, 0.717) is 47.7 Å². The molecule has 4 rings (SSSR count). The third-order valence-corrected chi connectivity index (χ3v) is 6.96. The topological polar surface area (TPSA) is 82.5 Å². The molecule has 2 bridgehead atoms. The van der Waals surface area contributed by atoms with Gasteiger partial charge in [0, 0.05) is 25.1 Å².